The van der Waals surface area contributed by atoms with Gasteiger partial charge in [-0.3, -0.25) is 4.79 Å². The zero-order chi connectivity index (χ0) is 7.98. The first-order valence-corrected chi connectivity index (χ1v) is 3.42. The van der Waals surface area contributed by atoms with Crippen molar-refractivity contribution in [2.24, 2.45) is 0 Å². The second-order valence-electron chi connectivity index (χ2n) is 1.71. The van der Waals surface area contributed by atoms with Gasteiger partial charge in [0.25, 0.3) is 0 Å². The molecule has 0 bridgehead atoms. The summed E-state index contributed by atoms with van der Waals surface area (Å²) in [5.74, 6) is 5.18. The van der Waals surface area contributed by atoms with Crippen molar-refractivity contribution in [3.8, 4) is 11.8 Å². The van der Waals surface area contributed by atoms with E-state index in [0.29, 0.717) is 0 Å². The van der Waals surface area contributed by atoms with E-state index in [0.717, 1.165) is 0 Å². The molecule has 0 aromatic heterocycles. The lowest BCUT2D eigenvalue weighted by Crippen LogP contribution is -2.09. The van der Waals surface area contributed by atoms with Crippen molar-refractivity contribution in [3.63, 3.8) is 0 Å². The SMILES string of the molecule is CC(=O)O[C@H](C)C#CCCl. The van der Waals surface area contributed by atoms with Crippen LogP contribution in [0.3, 0.4) is 0 Å². The highest BCUT2D eigenvalue weighted by atomic mass is 35.5. The van der Waals surface area contributed by atoms with Gasteiger partial charge < -0.3 is 4.74 Å². The molecular weight excluding hydrogens is 152 g/mol. The Hall–Kier alpha value is -0.680. The summed E-state index contributed by atoms with van der Waals surface area (Å²) in [5.41, 5.74) is 0. The summed E-state index contributed by atoms with van der Waals surface area (Å²) in [6, 6.07) is 0. The Morgan fingerprint density at radius 1 is 1.80 bits per heavy atom. The average molecular weight is 161 g/mol. The highest BCUT2D eigenvalue weighted by Gasteiger charge is 1.97. The standard InChI is InChI=1S/C7H9ClO2/c1-6(4-3-5-8)10-7(2)9/h6H,5H2,1-2H3/t6-/m1/s1. The molecular formula is C7H9ClO2. The number of carbonyl (C=O) groups is 1. The van der Waals surface area contributed by atoms with Gasteiger partial charge in [0.05, 0.1) is 5.88 Å². The molecule has 0 aliphatic carbocycles. The van der Waals surface area contributed by atoms with Crippen LogP contribution in [0.15, 0.2) is 0 Å². The topological polar surface area (TPSA) is 26.3 Å². The molecule has 3 heteroatoms. The summed E-state index contributed by atoms with van der Waals surface area (Å²) in [6.45, 7) is 3.04. The van der Waals surface area contributed by atoms with Crippen molar-refractivity contribution in [3.05, 3.63) is 0 Å². The molecule has 0 radical (unpaired) electrons. The van der Waals surface area contributed by atoms with Crippen LogP contribution in [-0.4, -0.2) is 18.0 Å². The van der Waals surface area contributed by atoms with E-state index in [2.05, 4.69) is 16.6 Å². The van der Waals surface area contributed by atoms with Crippen molar-refractivity contribution in [1.29, 1.82) is 0 Å². The first-order chi connectivity index (χ1) is 4.66. The van der Waals surface area contributed by atoms with E-state index < -0.39 is 0 Å². The molecule has 10 heavy (non-hydrogen) atoms. The minimum Gasteiger partial charge on any atom is -0.450 e. The zero-order valence-electron chi connectivity index (χ0n) is 5.98. The van der Waals surface area contributed by atoms with Crippen molar-refractivity contribution in [2.75, 3.05) is 5.88 Å². The van der Waals surface area contributed by atoms with Crippen LogP contribution in [0.1, 0.15) is 13.8 Å². The highest BCUT2D eigenvalue weighted by Crippen LogP contribution is 1.87. The molecule has 0 aromatic carbocycles. The minimum atomic E-state index is -0.351. The molecule has 1 atom stereocenters. The molecule has 0 spiro atoms. The molecule has 0 aliphatic heterocycles. The highest BCUT2D eigenvalue weighted by molar-refractivity contribution is 6.19. The summed E-state index contributed by atoms with van der Waals surface area (Å²) < 4.78 is 4.68. The molecule has 0 N–H and O–H groups in total. The molecule has 56 valence electrons. The normalized spacial score (nSPS) is 11.1. The second-order valence-corrected chi connectivity index (χ2v) is 1.97. The van der Waals surface area contributed by atoms with Crippen LogP contribution in [0.25, 0.3) is 0 Å². The number of esters is 1. The number of hydrogen-bond donors (Lipinski definition) is 0. The fourth-order valence-electron chi connectivity index (χ4n) is 0.461. The van der Waals surface area contributed by atoms with Crippen LogP contribution in [0.4, 0.5) is 0 Å². The Morgan fingerprint density at radius 3 is 2.80 bits per heavy atom. The molecule has 0 aliphatic rings. The van der Waals surface area contributed by atoms with Gasteiger partial charge in [0.15, 0.2) is 6.10 Å². The molecule has 0 aromatic rings. The third kappa shape index (κ3) is 5.46. The van der Waals surface area contributed by atoms with E-state index in [1.807, 2.05) is 0 Å². The predicted molar refractivity (Wildman–Crippen MR) is 39.7 cm³/mol. The average Bonchev–Trinajstić information content (AvgIpc) is 1.82. The molecule has 0 heterocycles. The van der Waals surface area contributed by atoms with Crippen LogP contribution < -0.4 is 0 Å². The van der Waals surface area contributed by atoms with Gasteiger partial charge in [0, 0.05) is 6.92 Å². The summed E-state index contributed by atoms with van der Waals surface area (Å²) in [4.78, 5) is 10.3. The summed E-state index contributed by atoms with van der Waals surface area (Å²) >= 11 is 5.27. The lowest BCUT2D eigenvalue weighted by atomic mass is 10.4. The van der Waals surface area contributed by atoms with Gasteiger partial charge in [-0.25, -0.2) is 0 Å². The van der Waals surface area contributed by atoms with E-state index in [-0.39, 0.29) is 18.0 Å². The third-order valence-corrected chi connectivity index (χ3v) is 0.849. The van der Waals surface area contributed by atoms with Gasteiger partial charge in [-0.1, -0.05) is 11.8 Å². The van der Waals surface area contributed by atoms with Crippen LogP contribution in [0.2, 0.25) is 0 Å². The largest absolute Gasteiger partial charge is 0.450 e. The Bertz CT molecular complexity index is 166. The summed E-state index contributed by atoms with van der Waals surface area (Å²) in [6.07, 6.45) is -0.351. The minimum absolute atomic E-state index is 0.269. The van der Waals surface area contributed by atoms with Gasteiger partial charge in [-0.15, -0.1) is 11.6 Å². The van der Waals surface area contributed by atoms with Crippen LogP contribution >= 0.6 is 11.6 Å². The Morgan fingerprint density at radius 2 is 2.40 bits per heavy atom. The molecule has 0 unspecified atom stereocenters. The number of ether oxygens (including phenoxy) is 1. The maximum Gasteiger partial charge on any atom is 0.303 e. The lowest BCUT2D eigenvalue weighted by molar-refractivity contribution is -0.143. The zero-order valence-corrected chi connectivity index (χ0v) is 6.73. The van der Waals surface area contributed by atoms with E-state index in [9.17, 15) is 4.79 Å². The monoisotopic (exact) mass is 160 g/mol. The first-order valence-electron chi connectivity index (χ1n) is 2.88. The number of rotatable bonds is 1. The molecule has 0 rings (SSSR count). The quantitative estimate of drug-likeness (QED) is 0.327. The molecule has 0 saturated carbocycles. The Labute approximate surface area is 65.5 Å². The van der Waals surface area contributed by atoms with Gasteiger partial charge in [-0.05, 0) is 6.92 Å². The predicted octanol–water partition coefficient (Wildman–Crippen LogP) is 1.18. The second kappa shape index (κ2) is 5.13. The van der Waals surface area contributed by atoms with Gasteiger partial charge >= 0.3 is 5.97 Å². The van der Waals surface area contributed by atoms with E-state index >= 15 is 0 Å². The maximum atomic E-state index is 10.3. The smallest absolute Gasteiger partial charge is 0.303 e. The fourth-order valence-corrected chi connectivity index (χ4v) is 0.538. The van der Waals surface area contributed by atoms with E-state index in [1.165, 1.54) is 6.92 Å². The maximum absolute atomic E-state index is 10.3. The van der Waals surface area contributed by atoms with E-state index in [4.69, 9.17) is 11.6 Å². The van der Waals surface area contributed by atoms with Crippen molar-refractivity contribution < 1.29 is 9.53 Å². The van der Waals surface area contributed by atoms with Crippen molar-refractivity contribution in [1.82, 2.24) is 0 Å². The number of alkyl halides is 1. The number of carbonyl (C=O) groups excluding carboxylic acids is 1. The fraction of sp³-hybridized carbons (Fsp3) is 0.571. The Balaban J connectivity index is 3.63. The van der Waals surface area contributed by atoms with Gasteiger partial charge in [0.2, 0.25) is 0 Å². The molecule has 0 fully saturated rings. The van der Waals surface area contributed by atoms with Crippen molar-refractivity contribution in [2.45, 2.75) is 20.0 Å². The van der Waals surface area contributed by atoms with Crippen molar-refractivity contribution >= 4 is 17.6 Å². The van der Waals surface area contributed by atoms with Gasteiger partial charge in [0.1, 0.15) is 0 Å². The van der Waals surface area contributed by atoms with Crippen LogP contribution in [0, 0.1) is 11.8 Å². The lowest BCUT2D eigenvalue weighted by Gasteiger charge is -2.01. The van der Waals surface area contributed by atoms with Gasteiger partial charge in [-0.2, -0.15) is 0 Å². The molecule has 0 saturated heterocycles. The van der Waals surface area contributed by atoms with Crippen LogP contribution in [0.5, 0.6) is 0 Å². The number of hydrogen-bond acceptors (Lipinski definition) is 2. The third-order valence-electron chi connectivity index (χ3n) is 0.715. The Kier molecular flexibility index (Phi) is 4.78. The molecule has 0 amide bonds. The number of halogens is 1. The van der Waals surface area contributed by atoms with Crippen LogP contribution in [-0.2, 0) is 9.53 Å². The van der Waals surface area contributed by atoms with E-state index in [1.54, 1.807) is 6.92 Å². The molecule has 2 nitrogen and oxygen atoms in total. The first kappa shape index (κ1) is 9.32. The summed E-state index contributed by atoms with van der Waals surface area (Å²) in [5, 5.41) is 0. The summed E-state index contributed by atoms with van der Waals surface area (Å²) in [7, 11) is 0.